The number of fused-ring (bicyclic) bond motifs is 2. The second-order valence-corrected chi connectivity index (χ2v) is 17.1. The third-order valence-corrected chi connectivity index (χ3v) is 10.9. The number of imidazole rings is 1. The predicted molar refractivity (Wildman–Crippen MR) is 210 cm³/mol. The minimum absolute atomic E-state index is 0.119. The van der Waals surface area contributed by atoms with Crippen molar-refractivity contribution in [2.24, 2.45) is 0 Å². The molecule has 12 nitrogen and oxygen atoms in total. The van der Waals surface area contributed by atoms with Crippen molar-refractivity contribution < 1.29 is 28.7 Å². The summed E-state index contributed by atoms with van der Waals surface area (Å²) in [6.45, 7) is 17.2. The molecule has 0 spiro atoms. The van der Waals surface area contributed by atoms with Crippen LogP contribution in [0.5, 0.6) is 0 Å². The molecule has 6 rings (SSSR count). The van der Waals surface area contributed by atoms with E-state index in [1.165, 1.54) is 11.3 Å². The third kappa shape index (κ3) is 8.01. The number of hydrogen-bond acceptors (Lipinski definition) is 8. The second kappa shape index (κ2) is 14.6. The fourth-order valence-corrected chi connectivity index (χ4v) is 8.01. The Bertz CT molecular complexity index is 1970. The van der Waals surface area contributed by atoms with Crippen molar-refractivity contribution in [1.29, 1.82) is 0 Å². The van der Waals surface area contributed by atoms with E-state index in [2.05, 4.69) is 4.98 Å². The highest BCUT2D eigenvalue weighted by Crippen LogP contribution is 2.37. The molecule has 13 heteroatoms. The van der Waals surface area contributed by atoms with Gasteiger partial charge in [0.2, 0.25) is 0 Å². The maximum absolute atomic E-state index is 13.9. The number of nitrogens with zero attached hydrogens (tertiary/aromatic N) is 6. The number of benzene rings is 2. The Hall–Kier alpha value is -5.17. The van der Waals surface area contributed by atoms with Crippen molar-refractivity contribution in [2.75, 3.05) is 37.0 Å². The molecular weight excluding hydrogens is 705 g/mol. The molecule has 2 aliphatic heterocycles. The van der Waals surface area contributed by atoms with Crippen LogP contribution in [0.3, 0.4) is 0 Å². The molecule has 0 saturated carbocycles. The van der Waals surface area contributed by atoms with Crippen LogP contribution >= 0.6 is 11.3 Å². The summed E-state index contributed by atoms with van der Waals surface area (Å²) in [6, 6.07) is 13.7. The fourth-order valence-electron chi connectivity index (χ4n) is 6.87. The Morgan fingerprint density at radius 1 is 0.741 bits per heavy atom. The zero-order valence-corrected chi connectivity index (χ0v) is 33.7. The molecule has 54 heavy (non-hydrogen) atoms. The highest BCUT2D eigenvalue weighted by Gasteiger charge is 2.31. The Balaban J connectivity index is 1.19. The number of anilines is 2. The smallest absolute Gasteiger partial charge is 0.410 e. The Morgan fingerprint density at radius 3 is 1.83 bits per heavy atom. The number of aromatic nitrogens is 2. The van der Waals surface area contributed by atoms with Gasteiger partial charge in [-0.05, 0) is 108 Å². The van der Waals surface area contributed by atoms with Gasteiger partial charge in [0.05, 0.1) is 18.0 Å². The van der Waals surface area contributed by atoms with E-state index in [1.54, 1.807) is 39.9 Å². The molecular formula is C41H50N6O6S. The molecule has 0 aliphatic carbocycles. The minimum Gasteiger partial charge on any atom is -0.444 e. The summed E-state index contributed by atoms with van der Waals surface area (Å²) in [6.07, 6.45) is 1.68. The Morgan fingerprint density at radius 2 is 1.28 bits per heavy atom. The number of carbonyl (C=O) groups is 4. The van der Waals surface area contributed by atoms with Gasteiger partial charge in [0.25, 0.3) is 11.8 Å². The zero-order chi connectivity index (χ0) is 39.3. The number of hydrogen-bond donors (Lipinski definition) is 0. The number of rotatable bonds is 5. The Kier molecular flexibility index (Phi) is 10.4. The highest BCUT2D eigenvalue weighted by molar-refractivity contribution is 7.14. The van der Waals surface area contributed by atoms with Gasteiger partial charge in [0.15, 0.2) is 0 Å². The predicted octanol–water partition coefficient (Wildman–Crippen LogP) is 7.83. The van der Waals surface area contributed by atoms with E-state index in [0.29, 0.717) is 49.0 Å². The first-order valence-corrected chi connectivity index (χ1v) is 19.0. The minimum atomic E-state index is -0.604. The standard InChI is InChI=1S/C41H50N6O6S/c1-25-28(13-11-15-31(25)43(9)36(48)30-23-45-19-20-47(24-35(45)42-30)39(51)53-41(6,7)8)29-14-12-16-32(26(29)2)44(10)37(49)34-21-27-22-46(18-17-33(27)54-34)38(50)52-40(3,4)5/h11-16,21,23H,17-20,22,24H2,1-10H3. The van der Waals surface area contributed by atoms with Gasteiger partial charge in [-0.15, -0.1) is 11.3 Å². The van der Waals surface area contributed by atoms with Crippen LogP contribution in [0, 0.1) is 13.8 Å². The maximum Gasteiger partial charge on any atom is 0.410 e. The van der Waals surface area contributed by atoms with Crippen molar-refractivity contribution in [3.8, 4) is 11.1 Å². The van der Waals surface area contributed by atoms with Crippen LogP contribution in [0.15, 0.2) is 48.7 Å². The molecule has 0 fully saturated rings. The monoisotopic (exact) mass is 754 g/mol. The molecule has 0 saturated heterocycles. The maximum atomic E-state index is 13.9. The van der Waals surface area contributed by atoms with Crippen molar-refractivity contribution in [1.82, 2.24) is 19.4 Å². The molecule has 0 radical (unpaired) electrons. The number of carbonyl (C=O) groups excluding carboxylic acids is 4. The quantitative estimate of drug-likeness (QED) is 0.204. The summed E-state index contributed by atoms with van der Waals surface area (Å²) in [5.41, 5.74) is 5.33. The lowest BCUT2D eigenvalue weighted by Gasteiger charge is -2.30. The van der Waals surface area contributed by atoms with E-state index < -0.39 is 17.3 Å². The molecule has 0 N–H and O–H groups in total. The molecule has 2 aromatic carbocycles. The van der Waals surface area contributed by atoms with Crippen molar-refractivity contribution in [3.63, 3.8) is 0 Å². The topological polar surface area (TPSA) is 118 Å². The van der Waals surface area contributed by atoms with Gasteiger partial charge in [-0.3, -0.25) is 14.5 Å². The molecule has 286 valence electrons. The first-order chi connectivity index (χ1) is 25.3. The highest BCUT2D eigenvalue weighted by atomic mass is 32.1. The fraction of sp³-hybridized carbons (Fsp3) is 0.439. The molecule has 0 unspecified atom stereocenters. The SMILES string of the molecule is Cc1c(-c2cccc(N(C)C(=O)c3cc4c(s3)CCN(C(=O)OC(C)(C)C)C4)c2C)cccc1N(C)C(=O)c1cn2c(n1)CN(C(=O)OC(C)(C)C)CC2. The van der Waals surface area contributed by atoms with Crippen LogP contribution in [0.2, 0.25) is 0 Å². The average molecular weight is 755 g/mol. The van der Waals surface area contributed by atoms with Gasteiger partial charge in [-0.2, -0.15) is 0 Å². The van der Waals surface area contributed by atoms with Crippen molar-refractivity contribution >= 4 is 46.7 Å². The third-order valence-electron chi connectivity index (χ3n) is 9.63. The lowest BCUT2D eigenvalue weighted by Crippen LogP contribution is -2.41. The summed E-state index contributed by atoms with van der Waals surface area (Å²) >= 11 is 1.48. The van der Waals surface area contributed by atoms with Crippen LogP contribution in [0.25, 0.3) is 11.1 Å². The van der Waals surface area contributed by atoms with Crippen molar-refractivity contribution in [2.45, 2.75) is 92.6 Å². The van der Waals surface area contributed by atoms with Gasteiger partial charge < -0.3 is 28.7 Å². The van der Waals surface area contributed by atoms with Gasteiger partial charge in [0, 0.05) is 56.2 Å². The summed E-state index contributed by atoms with van der Waals surface area (Å²) in [5.74, 6) is 0.252. The largest absolute Gasteiger partial charge is 0.444 e. The van der Waals surface area contributed by atoms with Crippen LogP contribution in [0.4, 0.5) is 21.0 Å². The molecule has 2 aliphatic rings. The van der Waals surface area contributed by atoms with Crippen LogP contribution in [-0.2, 0) is 35.5 Å². The molecule has 0 atom stereocenters. The van der Waals surface area contributed by atoms with E-state index in [4.69, 9.17) is 9.47 Å². The van der Waals surface area contributed by atoms with Crippen molar-refractivity contribution in [3.05, 3.63) is 86.6 Å². The second-order valence-electron chi connectivity index (χ2n) is 16.0. The lowest BCUT2D eigenvalue weighted by molar-refractivity contribution is 0.0192. The van der Waals surface area contributed by atoms with E-state index >= 15 is 0 Å². The number of amides is 4. The summed E-state index contributed by atoms with van der Waals surface area (Å²) in [7, 11) is 3.52. The molecule has 2 aromatic heterocycles. The number of ether oxygens (including phenoxy) is 2. The summed E-state index contributed by atoms with van der Waals surface area (Å²) < 4.78 is 13.0. The molecule has 4 heterocycles. The van der Waals surface area contributed by atoms with E-state index in [9.17, 15) is 19.2 Å². The van der Waals surface area contributed by atoms with Gasteiger partial charge in [-0.1, -0.05) is 24.3 Å². The lowest BCUT2D eigenvalue weighted by atomic mass is 9.94. The van der Waals surface area contributed by atoms with Gasteiger partial charge in [-0.25, -0.2) is 14.6 Å². The van der Waals surface area contributed by atoms with Crippen LogP contribution in [-0.4, -0.2) is 81.7 Å². The molecule has 4 amide bonds. The molecule has 4 aromatic rings. The zero-order valence-electron chi connectivity index (χ0n) is 32.9. The average Bonchev–Trinajstić information content (AvgIpc) is 3.73. The van der Waals surface area contributed by atoms with Crippen LogP contribution in [0.1, 0.15) is 89.1 Å². The summed E-state index contributed by atoms with van der Waals surface area (Å²) in [4.78, 5) is 66.1. The number of thiophene rings is 1. The van der Waals surface area contributed by atoms with Gasteiger partial charge in [0.1, 0.15) is 22.7 Å². The van der Waals surface area contributed by atoms with E-state index in [1.807, 2.05) is 102 Å². The first-order valence-electron chi connectivity index (χ1n) is 18.2. The van der Waals surface area contributed by atoms with E-state index in [-0.39, 0.29) is 24.5 Å². The van der Waals surface area contributed by atoms with Crippen LogP contribution < -0.4 is 9.80 Å². The first kappa shape index (κ1) is 38.6. The summed E-state index contributed by atoms with van der Waals surface area (Å²) in [5, 5.41) is 0. The normalized spacial score (nSPS) is 14.3. The Labute approximate surface area is 321 Å². The molecule has 0 bridgehead atoms. The van der Waals surface area contributed by atoms with E-state index in [0.717, 1.165) is 44.1 Å². The van der Waals surface area contributed by atoms with Gasteiger partial charge >= 0.3 is 12.2 Å².